The third kappa shape index (κ3) is 4.64. The molecule has 0 unspecified atom stereocenters. The van der Waals surface area contributed by atoms with Gasteiger partial charge < -0.3 is 19.5 Å². The summed E-state index contributed by atoms with van der Waals surface area (Å²) < 4.78 is 16.0. The van der Waals surface area contributed by atoms with Crippen LogP contribution in [0.25, 0.3) is 0 Å². The highest BCUT2D eigenvalue weighted by atomic mass is 16.5. The summed E-state index contributed by atoms with van der Waals surface area (Å²) in [5.41, 5.74) is 1.71. The summed E-state index contributed by atoms with van der Waals surface area (Å²) in [6, 6.07) is 13.0. The molecule has 0 atom stereocenters. The molecule has 5 heteroatoms. The molecule has 23 heavy (non-hydrogen) atoms. The second-order valence-corrected chi connectivity index (χ2v) is 5.00. The number of carbonyl (C=O) groups is 1. The first-order chi connectivity index (χ1) is 11.1. The maximum atomic E-state index is 12.1. The minimum Gasteiger partial charge on any atom is -0.495 e. The van der Waals surface area contributed by atoms with Gasteiger partial charge in [-0.3, -0.25) is 4.79 Å². The van der Waals surface area contributed by atoms with Gasteiger partial charge in [0.05, 0.1) is 32.9 Å². The first-order valence-corrected chi connectivity index (χ1v) is 7.34. The third-order valence-electron chi connectivity index (χ3n) is 3.28. The van der Waals surface area contributed by atoms with Gasteiger partial charge >= 0.3 is 0 Å². The predicted octanol–water partition coefficient (Wildman–Crippen LogP) is 3.42. The van der Waals surface area contributed by atoms with Crippen LogP contribution in [0.3, 0.4) is 0 Å². The molecule has 0 spiro atoms. The van der Waals surface area contributed by atoms with E-state index in [0.29, 0.717) is 22.9 Å². The Bertz CT molecular complexity index is 670. The number of hydrogen-bond acceptors (Lipinski definition) is 4. The minimum atomic E-state index is -0.135. The maximum Gasteiger partial charge on any atom is 0.227 e. The molecule has 0 aliphatic rings. The number of carbonyl (C=O) groups excluding carboxylic acids is 1. The van der Waals surface area contributed by atoms with E-state index < -0.39 is 0 Å². The Morgan fingerprint density at radius 3 is 2.39 bits per heavy atom. The highest BCUT2D eigenvalue weighted by Gasteiger charge is 2.09. The Morgan fingerprint density at radius 1 is 1.00 bits per heavy atom. The summed E-state index contributed by atoms with van der Waals surface area (Å²) in [4.78, 5) is 12.1. The van der Waals surface area contributed by atoms with Crippen LogP contribution in [-0.4, -0.2) is 26.7 Å². The number of amides is 1. The van der Waals surface area contributed by atoms with Crippen molar-refractivity contribution in [1.82, 2.24) is 0 Å². The van der Waals surface area contributed by atoms with Crippen LogP contribution in [0, 0.1) is 6.92 Å². The summed E-state index contributed by atoms with van der Waals surface area (Å²) in [5, 5.41) is 2.84. The maximum absolute atomic E-state index is 12.1. The molecule has 2 aromatic rings. The van der Waals surface area contributed by atoms with Gasteiger partial charge in [0.2, 0.25) is 5.91 Å². The van der Waals surface area contributed by atoms with Crippen molar-refractivity contribution in [2.75, 3.05) is 26.1 Å². The van der Waals surface area contributed by atoms with Crippen molar-refractivity contribution in [3.8, 4) is 17.2 Å². The van der Waals surface area contributed by atoms with Crippen molar-refractivity contribution < 1.29 is 19.0 Å². The van der Waals surface area contributed by atoms with Crippen molar-refractivity contribution in [3.05, 3.63) is 48.0 Å². The fraction of sp³-hybridized carbons (Fsp3) is 0.278. The van der Waals surface area contributed by atoms with Gasteiger partial charge in [0, 0.05) is 0 Å². The van der Waals surface area contributed by atoms with Crippen molar-refractivity contribution in [2.24, 2.45) is 0 Å². The summed E-state index contributed by atoms with van der Waals surface area (Å²) in [6.07, 6.45) is 0.231. The average molecular weight is 315 g/mol. The highest BCUT2D eigenvalue weighted by molar-refractivity contribution is 5.92. The monoisotopic (exact) mass is 315 g/mol. The van der Waals surface area contributed by atoms with E-state index in [0.717, 1.165) is 5.56 Å². The first-order valence-electron chi connectivity index (χ1n) is 7.34. The molecule has 0 aromatic heterocycles. The average Bonchev–Trinajstić information content (AvgIpc) is 2.55. The van der Waals surface area contributed by atoms with Gasteiger partial charge in [-0.1, -0.05) is 18.2 Å². The number of rotatable bonds is 7. The predicted molar refractivity (Wildman–Crippen MR) is 89.5 cm³/mol. The standard InChI is InChI=1S/C18H21NO4/c1-13-8-9-15(21-2)14(12-13)19-18(20)10-11-23-17-7-5-4-6-16(17)22-3/h4-9,12H,10-11H2,1-3H3,(H,19,20). The summed E-state index contributed by atoms with van der Waals surface area (Å²) >= 11 is 0. The van der Waals surface area contributed by atoms with E-state index in [4.69, 9.17) is 14.2 Å². The molecule has 0 heterocycles. The molecule has 1 N–H and O–H groups in total. The molecule has 0 aliphatic carbocycles. The Balaban J connectivity index is 1.89. The van der Waals surface area contributed by atoms with E-state index >= 15 is 0 Å². The molecule has 0 aliphatic heterocycles. The largest absolute Gasteiger partial charge is 0.495 e. The number of methoxy groups -OCH3 is 2. The number of nitrogens with one attached hydrogen (secondary N) is 1. The fourth-order valence-electron chi connectivity index (χ4n) is 2.12. The SMILES string of the molecule is COc1ccc(C)cc1NC(=O)CCOc1ccccc1OC. The Hall–Kier alpha value is -2.69. The van der Waals surface area contributed by atoms with Crippen LogP contribution < -0.4 is 19.5 Å². The van der Waals surface area contributed by atoms with E-state index in [-0.39, 0.29) is 18.9 Å². The number of aryl methyl sites for hydroxylation is 1. The van der Waals surface area contributed by atoms with Crippen LogP contribution in [0.2, 0.25) is 0 Å². The van der Waals surface area contributed by atoms with Gasteiger partial charge in [0.15, 0.2) is 11.5 Å². The van der Waals surface area contributed by atoms with Gasteiger partial charge in [-0.15, -0.1) is 0 Å². The zero-order valence-corrected chi connectivity index (χ0v) is 13.6. The second kappa shape index (κ2) is 8.08. The summed E-state index contributed by atoms with van der Waals surface area (Å²) in [7, 11) is 3.16. The zero-order chi connectivity index (χ0) is 16.7. The van der Waals surface area contributed by atoms with Gasteiger partial charge in [-0.25, -0.2) is 0 Å². The fourth-order valence-corrected chi connectivity index (χ4v) is 2.12. The molecule has 0 saturated heterocycles. The van der Waals surface area contributed by atoms with Crippen molar-refractivity contribution in [2.45, 2.75) is 13.3 Å². The molecule has 2 rings (SSSR count). The van der Waals surface area contributed by atoms with Crippen LogP contribution in [0.15, 0.2) is 42.5 Å². The molecule has 0 radical (unpaired) electrons. The molecular weight excluding hydrogens is 294 g/mol. The lowest BCUT2D eigenvalue weighted by Gasteiger charge is -2.12. The van der Waals surface area contributed by atoms with E-state index in [9.17, 15) is 4.79 Å². The molecule has 1 amide bonds. The molecule has 2 aromatic carbocycles. The molecule has 5 nitrogen and oxygen atoms in total. The number of anilines is 1. The lowest BCUT2D eigenvalue weighted by molar-refractivity contribution is -0.116. The van der Waals surface area contributed by atoms with E-state index in [1.807, 2.05) is 43.3 Å². The van der Waals surface area contributed by atoms with Gasteiger partial charge in [-0.2, -0.15) is 0 Å². The second-order valence-electron chi connectivity index (χ2n) is 5.00. The topological polar surface area (TPSA) is 56.8 Å². The lowest BCUT2D eigenvalue weighted by Crippen LogP contribution is -2.16. The van der Waals surface area contributed by atoms with E-state index in [1.165, 1.54) is 0 Å². The number of hydrogen-bond donors (Lipinski definition) is 1. The van der Waals surface area contributed by atoms with Crippen molar-refractivity contribution >= 4 is 11.6 Å². The van der Waals surface area contributed by atoms with E-state index in [2.05, 4.69) is 5.32 Å². The van der Waals surface area contributed by atoms with Crippen LogP contribution >= 0.6 is 0 Å². The Kier molecular flexibility index (Phi) is 5.86. The Labute approximate surface area is 136 Å². The molecule has 122 valence electrons. The van der Waals surface area contributed by atoms with Crippen LogP contribution in [0.4, 0.5) is 5.69 Å². The van der Waals surface area contributed by atoms with Crippen molar-refractivity contribution in [1.29, 1.82) is 0 Å². The van der Waals surface area contributed by atoms with Crippen molar-refractivity contribution in [3.63, 3.8) is 0 Å². The van der Waals surface area contributed by atoms with Crippen LogP contribution in [0.1, 0.15) is 12.0 Å². The van der Waals surface area contributed by atoms with Crippen LogP contribution in [-0.2, 0) is 4.79 Å². The van der Waals surface area contributed by atoms with Crippen LogP contribution in [0.5, 0.6) is 17.2 Å². The first kappa shape index (κ1) is 16.7. The number of para-hydroxylation sites is 2. The van der Waals surface area contributed by atoms with Gasteiger partial charge in [-0.05, 0) is 36.8 Å². The highest BCUT2D eigenvalue weighted by Crippen LogP contribution is 2.27. The third-order valence-corrected chi connectivity index (χ3v) is 3.28. The van der Waals surface area contributed by atoms with Gasteiger partial charge in [0.25, 0.3) is 0 Å². The molecule has 0 saturated carbocycles. The lowest BCUT2D eigenvalue weighted by atomic mass is 10.2. The minimum absolute atomic E-state index is 0.135. The van der Waals surface area contributed by atoms with E-state index in [1.54, 1.807) is 20.3 Å². The molecule has 0 fully saturated rings. The Morgan fingerprint density at radius 2 is 1.70 bits per heavy atom. The number of benzene rings is 2. The summed E-state index contributed by atoms with van der Waals surface area (Å²) in [5.74, 6) is 1.77. The van der Waals surface area contributed by atoms with Gasteiger partial charge in [0.1, 0.15) is 5.75 Å². The number of ether oxygens (including phenoxy) is 3. The zero-order valence-electron chi connectivity index (χ0n) is 13.6. The quantitative estimate of drug-likeness (QED) is 0.850. The smallest absolute Gasteiger partial charge is 0.227 e. The normalized spacial score (nSPS) is 10.0. The molecule has 0 bridgehead atoms. The molecular formula is C18H21NO4. The summed E-state index contributed by atoms with van der Waals surface area (Å²) in [6.45, 7) is 2.22.